The summed E-state index contributed by atoms with van der Waals surface area (Å²) < 4.78 is 38.7. The molecular weight excluding hydrogens is 511 g/mol. The Morgan fingerprint density at radius 3 is 2.49 bits per heavy atom. The molecule has 0 spiro atoms. The number of likely N-dealkylation sites (tertiary alicyclic amines) is 1. The second-order valence-electron chi connectivity index (χ2n) is 10.8. The van der Waals surface area contributed by atoms with Crippen molar-refractivity contribution >= 4 is 17.6 Å². The van der Waals surface area contributed by atoms with Crippen LogP contribution in [0.2, 0.25) is 0 Å². The Bertz CT molecular complexity index is 1180. The largest absolute Gasteiger partial charge is 0.416 e. The molecule has 3 aliphatic rings. The number of carbonyl (C=O) groups excluding carboxylic acids is 2. The van der Waals surface area contributed by atoms with E-state index in [0.29, 0.717) is 25.4 Å². The standard InChI is InChI=1S/C28H34F3N5O3/c29-28(30,31)20-4-1-3-19(15-20)26(38)33-17-25(37)34-22-9-14-36(18-22)23-7-10-27(39,11-8-23)21-5-6-24(32-16-21)35-12-2-13-35/h1,3-6,15-16,22-23,39H,2,7-14,17-18H2,(H,33,38)(H,34,37)/t22-,23?,27?/m1/s1. The van der Waals surface area contributed by atoms with Crippen LogP contribution in [-0.4, -0.2) is 71.6 Å². The number of alkyl halides is 3. The van der Waals surface area contributed by atoms with E-state index >= 15 is 0 Å². The monoisotopic (exact) mass is 545 g/mol. The van der Waals surface area contributed by atoms with Crippen molar-refractivity contribution in [1.82, 2.24) is 20.5 Å². The number of hydrogen-bond donors (Lipinski definition) is 3. The van der Waals surface area contributed by atoms with Crippen molar-refractivity contribution in [2.75, 3.05) is 37.6 Å². The van der Waals surface area contributed by atoms with Gasteiger partial charge in [0, 0.05) is 55.6 Å². The first kappa shape index (κ1) is 27.4. The highest BCUT2D eigenvalue weighted by molar-refractivity contribution is 5.96. The fourth-order valence-corrected chi connectivity index (χ4v) is 5.74. The van der Waals surface area contributed by atoms with Crippen molar-refractivity contribution in [3.8, 4) is 0 Å². The van der Waals surface area contributed by atoms with Crippen LogP contribution in [0.5, 0.6) is 0 Å². The average Bonchev–Trinajstić information content (AvgIpc) is 3.35. The molecule has 0 unspecified atom stereocenters. The molecule has 1 aliphatic carbocycles. The van der Waals surface area contributed by atoms with Crippen LogP contribution in [0.1, 0.15) is 60.0 Å². The highest BCUT2D eigenvalue weighted by atomic mass is 19.4. The fourth-order valence-electron chi connectivity index (χ4n) is 5.74. The van der Waals surface area contributed by atoms with Gasteiger partial charge in [-0.1, -0.05) is 12.1 Å². The molecule has 0 radical (unpaired) electrons. The summed E-state index contributed by atoms with van der Waals surface area (Å²) in [6, 6.07) is 8.35. The molecule has 1 aromatic heterocycles. The summed E-state index contributed by atoms with van der Waals surface area (Å²) in [7, 11) is 0. The van der Waals surface area contributed by atoms with Gasteiger partial charge in [0.25, 0.3) is 5.91 Å². The number of carbonyl (C=O) groups is 2. The second-order valence-corrected chi connectivity index (χ2v) is 10.8. The molecule has 2 amide bonds. The van der Waals surface area contributed by atoms with E-state index in [1.807, 2.05) is 12.1 Å². The minimum absolute atomic E-state index is 0.0676. The number of anilines is 1. The van der Waals surface area contributed by atoms with E-state index in [1.165, 1.54) is 12.5 Å². The molecule has 3 fully saturated rings. The predicted molar refractivity (Wildman–Crippen MR) is 139 cm³/mol. The molecule has 0 bridgehead atoms. The number of amides is 2. The van der Waals surface area contributed by atoms with Crippen molar-refractivity contribution in [2.45, 2.75) is 62.4 Å². The molecule has 8 nitrogen and oxygen atoms in total. The zero-order valence-corrected chi connectivity index (χ0v) is 21.7. The van der Waals surface area contributed by atoms with Gasteiger partial charge in [-0.05, 0) is 62.8 Å². The zero-order valence-electron chi connectivity index (χ0n) is 21.7. The summed E-state index contributed by atoms with van der Waals surface area (Å²) in [5.74, 6) is -0.151. The van der Waals surface area contributed by atoms with Crippen LogP contribution < -0.4 is 15.5 Å². The van der Waals surface area contributed by atoms with Crippen LogP contribution in [0, 0.1) is 0 Å². The zero-order chi connectivity index (χ0) is 27.6. The molecule has 39 heavy (non-hydrogen) atoms. The molecule has 2 aromatic rings. The van der Waals surface area contributed by atoms with Crippen molar-refractivity contribution in [2.24, 2.45) is 0 Å². The number of hydrogen-bond acceptors (Lipinski definition) is 6. The highest BCUT2D eigenvalue weighted by Gasteiger charge is 2.39. The van der Waals surface area contributed by atoms with Gasteiger partial charge in [0.1, 0.15) is 5.82 Å². The first-order valence-electron chi connectivity index (χ1n) is 13.5. The summed E-state index contributed by atoms with van der Waals surface area (Å²) >= 11 is 0. The predicted octanol–water partition coefficient (Wildman–Crippen LogP) is 3.06. The maximum absolute atomic E-state index is 12.9. The van der Waals surface area contributed by atoms with Gasteiger partial charge in [-0.2, -0.15) is 13.2 Å². The molecule has 3 heterocycles. The van der Waals surface area contributed by atoms with E-state index in [1.54, 1.807) is 6.20 Å². The molecule has 210 valence electrons. The van der Waals surface area contributed by atoms with Crippen molar-refractivity contribution in [3.63, 3.8) is 0 Å². The average molecular weight is 546 g/mol. The number of benzene rings is 1. The topological polar surface area (TPSA) is 97.8 Å². The van der Waals surface area contributed by atoms with Crippen LogP contribution >= 0.6 is 0 Å². The third-order valence-electron chi connectivity index (χ3n) is 8.21. The summed E-state index contributed by atoms with van der Waals surface area (Å²) in [5.41, 5.74) is -1.07. The van der Waals surface area contributed by atoms with Gasteiger partial charge in [0.15, 0.2) is 0 Å². The van der Waals surface area contributed by atoms with Gasteiger partial charge >= 0.3 is 6.18 Å². The molecule has 3 N–H and O–H groups in total. The lowest BCUT2D eigenvalue weighted by molar-refractivity contribution is -0.137. The van der Waals surface area contributed by atoms with Crippen LogP contribution in [0.4, 0.5) is 19.0 Å². The van der Waals surface area contributed by atoms with Gasteiger partial charge in [0.2, 0.25) is 5.91 Å². The van der Waals surface area contributed by atoms with Crippen LogP contribution in [0.3, 0.4) is 0 Å². The number of nitrogens with one attached hydrogen (secondary N) is 2. The Hall–Kier alpha value is -3.18. The molecule has 2 aliphatic heterocycles. The third-order valence-corrected chi connectivity index (χ3v) is 8.21. The van der Waals surface area contributed by atoms with Gasteiger partial charge in [-0.25, -0.2) is 4.98 Å². The highest BCUT2D eigenvalue weighted by Crippen LogP contribution is 2.39. The van der Waals surface area contributed by atoms with Crippen molar-refractivity contribution < 1.29 is 27.9 Å². The minimum atomic E-state index is -4.55. The van der Waals surface area contributed by atoms with Crippen LogP contribution in [0.25, 0.3) is 0 Å². The first-order valence-corrected chi connectivity index (χ1v) is 13.5. The van der Waals surface area contributed by atoms with Crippen LogP contribution in [0.15, 0.2) is 42.6 Å². The molecule has 1 aromatic carbocycles. The molecule has 1 atom stereocenters. The van der Waals surface area contributed by atoms with E-state index in [4.69, 9.17) is 0 Å². The number of aliphatic hydroxyl groups is 1. The van der Waals surface area contributed by atoms with Crippen molar-refractivity contribution in [3.05, 3.63) is 59.3 Å². The number of pyridine rings is 1. The summed E-state index contributed by atoms with van der Waals surface area (Å²) in [4.78, 5) is 33.8. The SMILES string of the molecule is O=C(CNC(=O)c1cccc(C(F)(F)F)c1)N[C@@H]1CCN(C2CCC(O)(c3ccc(N4CCC4)nc3)CC2)C1. The number of nitrogens with zero attached hydrogens (tertiary/aromatic N) is 3. The molecule has 2 saturated heterocycles. The normalized spacial score (nSPS) is 25.7. The third kappa shape index (κ3) is 6.36. The van der Waals surface area contributed by atoms with E-state index in [2.05, 4.69) is 25.4 Å². The van der Waals surface area contributed by atoms with Gasteiger partial charge in [-0.3, -0.25) is 14.5 Å². The molecule has 5 rings (SSSR count). The lowest BCUT2D eigenvalue weighted by Crippen LogP contribution is -2.45. The molecule has 1 saturated carbocycles. The maximum Gasteiger partial charge on any atom is 0.416 e. The number of halogens is 3. The smallest absolute Gasteiger partial charge is 0.385 e. The van der Waals surface area contributed by atoms with E-state index < -0.39 is 23.2 Å². The Morgan fingerprint density at radius 2 is 1.85 bits per heavy atom. The minimum Gasteiger partial charge on any atom is -0.385 e. The summed E-state index contributed by atoms with van der Waals surface area (Å²) in [6.45, 7) is 3.26. The lowest BCUT2D eigenvalue weighted by atomic mass is 9.78. The second kappa shape index (κ2) is 11.1. The van der Waals surface area contributed by atoms with Crippen molar-refractivity contribution in [1.29, 1.82) is 0 Å². The molecule has 11 heteroatoms. The Morgan fingerprint density at radius 1 is 1.08 bits per heavy atom. The van der Waals surface area contributed by atoms with Gasteiger partial charge < -0.3 is 20.6 Å². The van der Waals surface area contributed by atoms with Gasteiger partial charge in [0.05, 0.1) is 17.7 Å². The fraction of sp³-hybridized carbons (Fsp3) is 0.536. The van der Waals surface area contributed by atoms with E-state index in [0.717, 1.165) is 68.5 Å². The summed E-state index contributed by atoms with van der Waals surface area (Å²) in [5, 5.41) is 16.6. The quantitative estimate of drug-likeness (QED) is 0.495. The lowest BCUT2D eigenvalue weighted by Gasteiger charge is -2.40. The Balaban J connectivity index is 1.05. The number of rotatable bonds is 7. The van der Waals surface area contributed by atoms with Crippen LogP contribution in [-0.2, 0) is 16.6 Å². The first-order chi connectivity index (χ1) is 18.6. The van der Waals surface area contributed by atoms with Gasteiger partial charge in [-0.15, -0.1) is 0 Å². The molecular formula is C28H34F3N5O3. The maximum atomic E-state index is 12.9. The Labute approximate surface area is 225 Å². The Kier molecular flexibility index (Phi) is 7.82. The summed E-state index contributed by atoms with van der Waals surface area (Å²) in [6.07, 6.45) is 2.22. The van der Waals surface area contributed by atoms with E-state index in [-0.39, 0.29) is 24.1 Å². The van der Waals surface area contributed by atoms with E-state index in [9.17, 15) is 27.9 Å². The number of aromatic nitrogens is 1.